The summed E-state index contributed by atoms with van der Waals surface area (Å²) in [6, 6.07) is 2.18. The molecule has 0 bridgehead atoms. The number of aliphatic hydroxyl groups is 1. The van der Waals surface area contributed by atoms with Crippen LogP contribution in [0.5, 0.6) is 17.2 Å². The number of esters is 1. The Balaban J connectivity index is 2.40. The average Bonchev–Trinajstić information content (AvgIpc) is 3.00. The van der Waals surface area contributed by atoms with Gasteiger partial charge < -0.3 is 29.0 Å². The molecular formula is C16H21NO7. The first-order valence-corrected chi connectivity index (χ1v) is 7.33. The lowest BCUT2D eigenvalue weighted by Crippen LogP contribution is -2.41. The summed E-state index contributed by atoms with van der Waals surface area (Å²) in [5.74, 6) is 0.0280. The minimum Gasteiger partial charge on any atom is -0.493 e. The number of β-amino-alcohol motifs (C(OH)–C–C–N with tert-alkyl or cyclic N) is 1. The molecular weight excluding hydrogens is 318 g/mol. The molecule has 132 valence electrons. The molecule has 2 unspecified atom stereocenters. The van der Waals surface area contributed by atoms with Crippen LogP contribution >= 0.6 is 0 Å². The summed E-state index contributed by atoms with van der Waals surface area (Å²) in [5.41, 5.74) is 0.257. The predicted molar refractivity (Wildman–Crippen MR) is 83.6 cm³/mol. The van der Waals surface area contributed by atoms with Gasteiger partial charge in [0.1, 0.15) is 6.04 Å². The van der Waals surface area contributed by atoms with Crippen molar-refractivity contribution in [3.8, 4) is 17.2 Å². The Morgan fingerprint density at radius 1 is 1.08 bits per heavy atom. The second-order valence-corrected chi connectivity index (χ2v) is 5.30. The van der Waals surface area contributed by atoms with Crippen molar-refractivity contribution in [3.05, 3.63) is 17.7 Å². The van der Waals surface area contributed by atoms with Crippen molar-refractivity contribution in [3.63, 3.8) is 0 Å². The van der Waals surface area contributed by atoms with E-state index in [1.165, 1.54) is 45.5 Å². The molecule has 0 aromatic heterocycles. The first-order chi connectivity index (χ1) is 11.5. The fraction of sp³-hybridized carbons (Fsp3) is 0.500. The van der Waals surface area contributed by atoms with Gasteiger partial charge in [-0.1, -0.05) is 0 Å². The average molecular weight is 339 g/mol. The number of amides is 1. The van der Waals surface area contributed by atoms with Gasteiger partial charge in [-0.2, -0.15) is 0 Å². The van der Waals surface area contributed by atoms with E-state index in [2.05, 4.69) is 0 Å². The van der Waals surface area contributed by atoms with E-state index in [9.17, 15) is 14.7 Å². The Kier molecular flexibility index (Phi) is 5.50. The van der Waals surface area contributed by atoms with Gasteiger partial charge in [0, 0.05) is 18.5 Å². The second-order valence-electron chi connectivity index (χ2n) is 5.30. The first kappa shape index (κ1) is 17.9. The number of aliphatic hydroxyl groups excluding tert-OH is 1. The van der Waals surface area contributed by atoms with Gasteiger partial charge in [-0.25, -0.2) is 4.79 Å². The SMILES string of the molecule is COC(=O)C1CC(O)CN1C(=O)c1cc(OC)c(OC)c(OC)c1. The van der Waals surface area contributed by atoms with Crippen molar-refractivity contribution < 1.29 is 33.6 Å². The number of carbonyl (C=O) groups is 2. The smallest absolute Gasteiger partial charge is 0.328 e. The van der Waals surface area contributed by atoms with Crippen LogP contribution in [0.2, 0.25) is 0 Å². The summed E-state index contributed by atoms with van der Waals surface area (Å²) in [5, 5.41) is 9.82. The van der Waals surface area contributed by atoms with E-state index in [-0.39, 0.29) is 18.5 Å². The molecule has 1 aliphatic rings. The van der Waals surface area contributed by atoms with Gasteiger partial charge in [-0.3, -0.25) is 4.79 Å². The Morgan fingerprint density at radius 2 is 1.67 bits per heavy atom. The van der Waals surface area contributed by atoms with Crippen molar-refractivity contribution in [2.45, 2.75) is 18.6 Å². The summed E-state index contributed by atoms with van der Waals surface area (Å²) < 4.78 is 20.4. The van der Waals surface area contributed by atoms with Crippen LogP contribution < -0.4 is 14.2 Å². The van der Waals surface area contributed by atoms with Crippen molar-refractivity contribution in [2.24, 2.45) is 0 Å². The molecule has 1 amide bonds. The summed E-state index contributed by atoms with van der Waals surface area (Å²) in [4.78, 5) is 26.0. The lowest BCUT2D eigenvalue weighted by Gasteiger charge is -2.23. The lowest BCUT2D eigenvalue weighted by atomic mass is 10.1. The van der Waals surface area contributed by atoms with E-state index in [1.807, 2.05) is 0 Å². The maximum atomic E-state index is 12.8. The molecule has 8 heteroatoms. The normalized spacial score (nSPS) is 19.8. The van der Waals surface area contributed by atoms with Crippen LogP contribution in [0.1, 0.15) is 16.8 Å². The van der Waals surface area contributed by atoms with Crippen LogP contribution in [0.25, 0.3) is 0 Å². The lowest BCUT2D eigenvalue weighted by molar-refractivity contribution is -0.145. The number of hydrogen-bond donors (Lipinski definition) is 1. The third-order valence-electron chi connectivity index (χ3n) is 3.92. The molecule has 1 fully saturated rings. The molecule has 2 rings (SSSR count). The van der Waals surface area contributed by atoms with E-state index in [0.717, 1.165) is 0 Å². The molecule has 1 heterocycles. The Labute approximate surface area is 139 Å². The highest BCUT2D eigenvalue weighted by molar-refractivity contribution is 5.98. The quantitative estimate of drug-likeness (QED) is 0.779. The summed E-state index contributed by atoms with van der Waals surface area (Å²) in [6.45, 7) is 0.0509. The Morgan fingerprint density at radius 3 is 2.12 bits per heavy atom. The molecule has 24 heavy (non-hydrogen) atoms. The highest BCUT2D eigenvalue weighted by atomic mass is 16.5. The topological polar surface area (TPSA) is 94.5 Å². The number of ether oxygens (including phenoxy) is 4. The van der Waals surface area contributed by atoms with Crippen molar-refractivity contribution in [2.75, 3.05) is 35.0 Å². The molecule has 1 aromatic carbocycles. The summed E-state index contributed by atoms with van der Waals surface area (Å²) in [6.07, 6.45) is -0.636. The van der Waals surface area contributed by atoms with E-state index in [4.69, 9.17) is 18.9 Å². The van der Waals surface area contributed by atoms with Gasteiger partial charge >= 0.3 is 5.97 Å². The van der Waals surface area contributed by atoms with Gasteiger partial charge in [0.2, 0.25) is 5.75 Å². The molecule has 1 aliphatic heterocycles. The summed E-state index contributed by atoms with van der Waals surface area (Å²) >= 11 is 0. The number of likely N-dealkylation sites (tertiary alicyclic amines) is 1. The largest absolute Gasteiger partial charge is 0.493 e. The van der Waals surface area contributed by atoms with E-state index >= 15 is 0 Å². The van der Waals surface area contributed by atoms with Crippen LogP contribution in [-0.4, -0.2) is 69.0 Å². The van der Waals surface area contributed by atoms with Crippen molar-refractivity contribution in [1.82, 2.24) is 4.90 Å². The number of nitrogens with zero attached hydrogens (tertiary/aromatic N) is 1. The highest BCUT2D eigenvalue weighted by Crippen LogP contribution is 2.38. The number of rotatable bonds is 5. The zero-order chi connectivity index (χ0) is 17.9. The molecule has 1 saturated heterocycles. The van der Waals surface area contributed by atoms with Crippen LogP contribution in [0.3, 0.4) is 0 Å². The van der Waals surface area contributed by atoms with Gasteiger partial charge in [-0.15, -0.1) is 0 Å². The van der Waals surface area contributed by atoms with Crippen LogP contribution in [0.4, 0.5) is 0 Å². The highest BCUT2D eigenvalue weighted by Gasteiger charge is 2.40. The fourth-order valence-corrected chi connectivity index (χ4v) is 2.77. The number of carbonyl (C=O) groups excluding carboxylic acids is 2. The molecule has 0 spiro atoms. The fourth-order valence-electron chi connectivity index (χ4n) is 2.77. The molecule has 8 nitrogen and oxygen atoms in total. The molecule has 1 N–H and O–H groups in total. The third kappa shape index (κ3) is 3.23. The zero-order valence-corrected chi connectivity index (χ0v) is 14.1. The molecule has 1 aromatic rings. The Hall–Kier alpha value is -2.48. The van der Waals surface area contributed by atoms with Crippen molar-refractivity contribution in [1.29, 1.82) is 0 Å². The standard InChI is InChI=1S/C16H21NO7/c1-21-12-5-9(6-13(22-2)14(12)23-3)15(19)17-8-10(18)7-11(17)16(20)24-4/h5-6,10-11,18H,7-8H2,1-4H3. The van der Waals surface area contributed by atoms with Gasteiger partial charge in [-0.05, 0) is 12.1 Å². The number of methoxy groups -OCH3 is 4. The van der Waals surface area contributed by atoms with E-state index < -0.39 is 24.0 Å². The van der Waals surface area contributed by atoms with Crippen LogP contribution in [0, 0.1) is 0 Å². The Bertz CT molecular complexity index is 606. The number of hydrogen-bond acceptors (Lipinski definition) is 7. The first-order valence-electron chi connectivity index (χ1n) is 7.33. The predicted octanol–water partition coefficient (Wildman–Crippen LogP) is 0.461. The maximum absolute atomic E-state index is 12.8. The van der Waals surface area contributed by atoms with E-state index in [0.29, 0.717) is 17.2 Å². The zero-order valence-electron chi connectivity index (χ0n) is 14.1. The van der Waals surface area contributed by atoms with E-state index in [1.54, 1.807) is 0 Å². The molecule has 2 atom stereocenters. The van der Waals surface area contributed by atoms with Crippen LogP contribution in [0.15, 0.2) is 12.1 Å². The van der Waals surface area contributed by atoms with Gasteiger partial charge in [0.15, 0.2) is 11.5 Å². The number of benzene rings is 1. The molecule has 0 aliphatic carbocycles. The van der Waals surface area contributed by atoms with Gasteiger partial charge in [0.05, 0.1) is 34.5 Å². The maximum Gasteiger partial charge on any atom is 0.328 e. The molecule has 0 saturated carbocycles. The van der Waals surface area contributed by atoms with Crippen LogP contribution in [-0.2, 0) is 9.53 Å². The minimum atomic E-state index is -0.823. The second kappa shape index (κ2) is 7.39. The monoisotopic (exact) mass is 339 g/mol. The van der Waals surface area contributed by atoms with Crippen molar-refractivity contribution >= 4 is 11.9 Å². The summed E-state index contributed by atoms with van der Waals surface area (Å²) in [7, 11) is 5.60. The molecule has 0 radical (unpaired) electrons. The van der Waals surface area contributed by atoms with Gasteiger partial charge in [0.25, 0.3) is 5.91 Å². The minimum absolute atomic E-state index is 0.0509. The third-order valence-corrected chi connectivity index (χ3v) is 3.92.